The highest BCUT2D eigenvalue weighted by molar-refractivity contribution is 5.97. The highest BCUT2D eigenvalue weighted by atomic mass is 16.5. The minimum absolute atomic E-state index is 0.0966. The van der Waals surface area contributed by atoms with Gasteiger partial charge in [-0.25, -0.2) is 0 Å². The fourth-order valence-electron chi connectivity index (χ4n) is 3.91. The number of ether oxygens (including phenoxy) is 2. The molecule has 0 aliphatic carbocycles. The van der Waals surface area contributed by atoms with Gasteiger partial charge in [-0.15, -0.1) is 0 Å². The van der Waals surface area contributed by atoms with Crippen LogP contribution in [-0.4, -0.2) is 49.3 Å². The van der Waals surface area contributed by atoms with Crippen molar-refractivity contribution in [1.82, 2.24) is 4.90 Å². The molecule has 0 radical (unpaired) electrons. The van der Waals surface area contributed by atoms with E-state index in [4.69, 9.17) is 9.47 Å². The van der Waals surface area contributed by atoms with Crippen molar-refractivity contribution in [2.24, 2.45) is 5.92 Å². The standard InChI is InChI=1S/C23H38N2O3/c1-5-14-23(4,28-6-2)22(26)24-20-10-12-21(13-11-20)27-17-8-16-25-15-7-9-19(3)18-25/h10-13,19H,5-9,14-18H2,1-4H3,(H,24,26)/t19-,23+/m1/s1. The molecule has 2 atom stereocenters. The average Bonchev–Trinajstić information content (AvgIpc) is 2.67. The van der Waals surface area contributed by atoms with Crippen LogP contribution in [-0.2, 0) is 9.53 Å². The molecular formula is C23H38N2O3. The lowest BCUT2D eigenvalue weighted by Gasteiger charge is -2.30. The molecule has 1 heterocycles. The number of anilines is 1. The van der Waals surface area contributed by atoms with Crippen molar-refractivity contribution in [1.29, 1.82) is 0 Å². The van der Waals surface area contributed by atoms with Gasteiger partial charge in [0.1, 0.15) is 11.4 Å². The lowest BCUT2D eigenvalue weighted by Crippen LogP contribution is -2.42. The van der Waals surface area contributed by atoms with E-state index >= 15 is 0 Å². The first-order valence-corrected chi connectivity index (χ1v) is 10.9. The lowest BCUT2D eigenvalue weighted by molar-refractivity contribution is -0.139. The fourth-order valence-corrected chi connectivity index (χ4v) is 3.91. The van der Waals surface area contributed by atoms with Crippen LogP contribution in [0.15, 0.2) is 24.3 Å². The molecule has 0 bridgehead atoms. The molecule has 1 N–H and O–H groups in total. The number of benzene rings is 1. The van der Waals surface area contributed by atoms with Gasteiger partial charge in [-0.05, 0) is 76.3 Å². The maximum atomic E-state index is 12.6. The summed E-state index contributed by atoms with van der Waals surface area (Å²) in [4.78, 5) is 15.2. The third-order valence-corrected chi connectivity index (χ3v) is 5.41. The number of hydrogen-bond acceptors (Lipinski definition) is 4. The summed E-state index contributed by atoms with van der Waals surface area (Å²) in [5, 5.41) is 2.97. The Balaban J connectivity index is 1.75. The van der Waals surface area contributed by atoms with Gasteiger partial charge in [-0.3, -0.25) is 4.79 Å². The van der Waals surface area contributed by atoms with Gasteiger partial charge in [0.2, 0.25) is 0 Å². The molecule has 1 fully saturated rings. The van der Waals surface area contributed by atoms with Gasteiger partial charge in [-0.1, -0.05) is 20.3 Å². The molecule has 5 heteroatoms. The topological polar surface area (TPSA) is 50.8 Å². The van der Waals surface area contributed by atoms with Gasteiger partial charge < -0.3 is 19.7 Å². The molecule has 0 saturated carbocycles. The predicted molar refractivity (Wildman–Crippen MR) is 115 cm³/mol. The van der Waals surface area contributed by atoms with E-state index in [-0.39, 0.29) is 5.91 Å². The highest BCUT2D eigenvalue weighted by Gasteiger charge is 2.32. The van der Waals surface area contributed by atoms with Crippen LogP contribution in [0.5, 0.6) is 5.75 Å². The van der Waals surface area contributed by atoms with Gasteiger partial charge >= 0.3 is 0 Å². The number of rotatable bonds is 11. The van der Waals surface area contributed by atoms with Gasteiger partial charge in [0.25, 0.3) is 5.91 Å². The van der Waals surface area contributed by atoms with Gasteiger partial charge in [-0.2, -0.15) is 0 Å². The number of nitrogens with one attached hydrogen (secondary N) is 1. The molecule has 1 saturated heterocycles. The third-order valence-electron chi connectivity index (χ3n) is 5.41. The number of amides is 1. The Bertz CT molecular complexity index is 582. The number of piperidine rings is 1. The van der Waals surface area contributed by atoms with Crippen LogP contribution in [0.1, 0.15) is 59.8 Å². The summed E-state index contributed by atoms with van der Waals surface area (Å²) in [6.45, 7) is 12.9. The molecule has 1 aliphatic rings. The van der Waals surface area contributed by atoms with Crippen LogP contribution < -0.4 is 10.1 Å². The van der Waals surface area contributed by atoms with Crippen LogP contribution in [0.3, 0.4) is 0 Å². The molecule has 1 aliphatic heterocycles. The van der Waals surface area contributed by atoms with E-state index in [0.717, 1.165) is 43.3 Å². The monoisotopic (exact) mass is 390 g/mol. The van der Waals surface area contributed by atoms with Crippen molar-refractivity contribution >= 4 is 11.6 Å². The van der Waals surface area contributed by atoms with Crippen LogP contribution in [0, 0.1) is 5.92 Å². The zero-order valence-corrected chi connectivity index (χ0v) is 18.1. The number of hydrogen-bond donors (Lipinski definition) is 1. The van der Waals surface area contributed by atoms with Crippen molar-refractivity contribution in [3.8, 4) is 5.75 Å². The van der Waals surface area contributed by atoms with E-state index in [2.05, 4.69) is 24.1 Å². The molecule has 0 spiro atoms. The van der Waals surface area contributed by atoms with E-state index in [1.807, 2.05) is 38.1 Å². The number of nitrogens with zero attached hydrogens (tertiary/aromatic N) is 1. The quantitative estimate of drug-likeness (QED) is 0.556. The molecule has 2 rings (SSSR count). The largest absolute Gasteiger partial charge is 0.494 e. The summed E-state index contributed by atoms with van der Waals surface area (Å²) in [5.41, 5.74) is -0.0216. The SMILES string of the molecule is CCC[C@](C)(OCC)C(=O)Nc1ccc(OCCCN2CCC[C@@H](C)C2)cc1. The van der Waals surface area contributed by atoms with E-state index in [0.29, 0.717) is 13.0 Å². The minimum atomic E-state index is -0.787. The second-order valence-electron chi connectivity index (χ2n) is 8.14. The Kier molecular flexibility index (Phi) is 9.26. The normalized spacial score (nSPS) is 19.8. The summed E-state index contributed by atoms with van der Waals surface area (Å²) in [7, 11) is 0. The molecule has 0 aromatic heterocycles. The fraction of sp³-hybridized carbons (Fsp3) is 0.696. The highest BCUT2D eigenvalue weighted by Crippen LogP contribution is 2.22. The van der Waals surface area contributed by atoms with Gasteiger partial charge in [0.15, 0.2) is 0 Å². The Morgan fingerprint density at radius 2 is 2.04 bits per heavy atom. The molecule has 28 heavy (non-hydrogen) atoms. The first-order valence-electron chi connectivity index (χ1n) is 10.9. The first-order chi connectivity index (χ1) is 13.5. The molecule has 158 valence electrons. The third kappa shape index (κ3) is 7.10. The number of carbonyl (C=O) groups is 1. The Morgan fingerprint density at radius 1 is 1.29 bits per heavy atom. The van der Waals surface area contributed by atoms with Crippen molar-refractivity contribution in [2.45, 2.75) is 65.4 Å². The molecular weight excluding hydrogens is 352 g/mol. The Hall–Kier alpha value is -1.59. The zero-order chi connectivity index (χ0) is 20.4. The molecule has 0 unspecified atom stereocenters. The maximum Gasteiger partial charge on any atom is 0.256 e. The van der Waals surface area contributed by atoms with Gasteiger partial charge in [0, 0.05) is 25.4 Å². The summed E-state index contributed by atoms with van der Waals surface area (Å²) >= 11 is 0. The second kappa shape index (κ2) is 11.4. The van der Waals surface area contributed by atoms with Gasteiger partial charge in [0.05, 0.1) is 6.61 Å². The van der Waals surface area contributed by atoms with E-state index in [1.54, 1.807) is 0 Å². The average molecular weight is 391 g/mol. The summed E-state index contributed by atoms with van der Waals surface area (Å²) in [5.74, 6) is 1.56. The van der Waals surface area contributed by atoms with Crippen LogP contribution >= 0.6 is 0 Å². The summed E-state index contributed by atoms with van der Waals surface area (Å²) in [6.07, 6.45) is 5.31. The lowest BCUT2D eigenvalue weighted by atomic mass is 9.99. The zero-order valence-electron chi connectivity index (χ0n) is 18.1. The van der Waals surface area contributed by atoms with Crippen LogP contribution in [0.25, 0.3) is 0 Å². The minimum Gasteiger partial charge on any atom is -0.494 e. The molecule has 5 nitrogen and oxygen atoms in total. The number of likely N-dealkylation sites (tertiary alicyclic amines) is 1. The van der Waals surface area contributed by atoms with Crippen molar-refractivity contribution in [2.75, 3.05) is 38.2 Å². The van der Waals surface area contributed by atoms with Crippen molar-refractivity contribution in [3.63, 3.8) is 0 Å². The van der Waals surface area contributed by atoms with Crippen molar-refractivity contribution < 1.29 is 14.3 Å². The Morgan fingerprint density at radius 3 is 2.68 bits per heavy atom. The van der Waals surface area contributed by atoms with Crippen molar-refractivity contribution in [3.05, 3.63) is 24.3 Å². The predicted octanol–water partition coefficient (Wildman–Crippen LogP) is 4.72. The van der Waals surface area contributed by atoms with E-state index in [9.17, 15) is 4.79 Å². The Labute approximate surface area is 170 Å². The molecule has 1 amide bonds. The van der Waals surface area contributed by atoms with Crippen LogP contribution in [0.2, 0.25) is 0 Å². The molecule has 1 aromatic rings. The number of carbonyl (C=O) groups excluding carboxylic acids is 1. The van der Waals surface area contributed by atoms with E-state index < -0.39 is 5.60 Å². The summed E-state index contributed by atoms with van der Waals surface area (Å²) in [6, 6.07) is 7.60. The smallest absolute Gasteiger partial charge is 0.256 e. The maximum absolute atomic E-state index is 12.6. The van der Waals surface area contributed by atoms with Crippen LogP contribution in [0.4, 0.5) is 5.69 Å². The second-order valence-corrected chi connectivity index (χ2v) is 8.14. The molecule has 1 aromatic carbocycles. The first kappa shape index (κ1) is 22.7. The van der Waals surface area contributed by atoms with E-state index in [1.165, 1.54) is 25.9 Å². The summed E-state index contributed by atoms with van der Waals surface area (Å²) < 4.78 is 11.6.